The van der Waals surface area contributed by atoms with Gasteiger partial charge in [0.25, 0.3) is 0 Å². The van der Waals surface area contributed by atoms with E-state index in [-0.39, 0.29) is 0 Å². The zero-order valence-corrected chi connectivity index (χ0v) is 32.4. The van der Waals surface area contributed by atoms with E-state index in [1.807, 2.05) is 42.5 Å². The summed E-state index contributed by atoms with van der Waals surface area (Å²) in [6.45, 7) is 4.57. The number of nitrogens with zero attached hydrogens (tertiary/aromatic N) is 3. The van der Waals surface area contributed by atoms with Gasteiger partial charge in [-0.2, -0.15) is 0 Å². The third-order valence-corrected chi connectivity index (χ3v) is 11.1. The van der Waals surface area contributed by atoms with Gasteiger partial charge in [0.05, 0.1) is 28.1 Å². The molecule has 4 heteroatoms. The Labute approximate surface area is 344 Å². The number of anilines is 4. The first kappa shape index (κ1) is 35.5. The van der Waals surface area contributed by atoms with Crippen molar-refractivity contribution in [3.63, 3.8) is 0 Å². The van der Waals surface area contributed by atoms with Gasteiger partial charge in [-0.05, 0) is 112 Å². The predicted octanol–water partition coefficient (Wildman–Crippen LogP) is 14.5. The molecule has 9 aromatic carbocycles. The minimum atomic E-state index is 0.622. The van der Waals surface area contributed by atoms with E-state index in [1.165, 1.54) is 32.7 Å². The van der Waals surface area contributed by atoms with Crippen LogP contribution in [-0.2, 0) is 0 Å². The average Bonchev–Trinajstić information content (AvgIpc) is 3.62. The molecule has 0 spiro atoms. The summed E-state index contributed by atoms with van der Waals surface area (Å²) in [5.41, 5.74) is 20.2. The van der Waals surface area contributed by atoms with E-state index < -0.39 is 0 Å². The van der Waals surface area contributed by atoms with Crippen molar-refractivity contribution < 1.29 is 0 Å². The van der Waals surface area contributed by atoms with Crippen LogP contribution in [-0.4, -0.2) is 10.3 Å². The third kappa shape index (κ3) is 6.73. The molecule has 0 unspecified atom stereocenters. The van der Waals surface area contributed by atoms with Gasteiger partial charge in [-0.3, -0.25) is 0 Å². The molecule has 0 aliphatic rings. The quantitative estimate of drug-likeness (QED) is 0.118. The Kier molecular flexibility index (Phi) is 9.13. The first-order valence-corrected chi connectivity index (χ1v) is 19.9. The monoisotopic (exact) mass is 756 g/mol. The number of fused-ring (bicyclic) bond motifs is 4. The maximum atomic E-state index is 6.35. The minimum absolute atomic E-state index is 0.622. The highest BCUT2D eigenvalue weighted by atomic mass is 15.1. The van der Waals surface area contributed by atoms with Crippen molar-refractivity contribution in [2.75, 3.05) is 10.6 Å². The van der Waals surface area contributed by atoms with Crippen molar-refractivity contribution in [1.82, 2.24) is 4.57 Å². The van der Waals surface area contributed by atoms with E-state index in [0.29, 0.717) is 11.4 Å². The average molecular weight is 757 g/mol. The van der Waals surface area contributed by atoms with Crippen LogP contribution in [0.1, 0.15) is 11.1 Å². The van der Waals surface area contributed by atoms with Gasteiger partial charge < -0.3 is 15.2 Å². The Hall–Kier alpha value is -7.95. The van der Waals surface area contributed by atoms with Crippen LogP contribution < -0.4 is 10.6 Å². The van der Waals surface area contributed by atoms with Crippen molar-refractivity contribution in [3.8, 4) is 16.8 Å². The summed E-state index contributed by atoms with van der Waals surface area (Å²) in [5, 5.41) is 4.85. The number of allylic oxidation sites excluding steroid dienone is 1. The van der Waals surface area contributed by atoms with E-state index >= 15 is 0 Å². The summed E-state index contributed by atoms with van der Waals surface area (Å²) < 4.78 is 2.38. The highest BCUT2D eigenvalue weighted by Gasteiger charge is 2.19. The number of rotatable bonds is 9. The number of benzene rings is 9. The lowest BCUT2D eigenvalue weighted by molar-refractivity contribution is 1.18. The Bertz CT molecular complexity index is 3160. The lowest BCUT2D eigenvalue weighted by Gasteiger charge is -2.26. The summed E-state index contributed by atoms with van der Waals surface area (Å²) in [6.07, 6.45) is 0. The molecule has 0 fully saturated rings. The molecule has 0 radical (unpaired) electrons. The van der Waals surface area contributed by atoms with E-state index in [1.54, 1.807) is 0 Å². The van der Waals surface area contributed by atoms with E-state index in [9.17, 15) is 0 Å². The Morgan fingerprint density at radius 1 is 0.458 bits per heavy atom. The smallest absolute Gasteiger partial charge is 0.0866 e. The molecule has 4 nitrogen and oxygen atoms in total. The summed E-state index contributed by atoms with van der Waals surface area (Å²) in [7, 11) is 0. The second-order valence-electron chi connectivity index (χ2n) is 14.7. The van der Waals surface area contributed by atoms with Crippen molar-refractivity contribution in [1.29, 1.82) is 0 Å². The zero-order valence-electron chi connectivity index (χ0n) is 32.4. The zero-order chi connectivity index (χ0) is 39.7. The Morgan fingerprint density at radius 3 is 1.76 bits per heavy atom. The minimum Gasteiger partial charge on any atom is -0.397 e. The maximum absolute atomic E-state index is 6.35. The SMILES string of the molecule is C=C(C(=Nc1ccccc1N)c1ccccc1)c1ccc(N(c2ccccc2)c2ccc3c(c2)c2cc(-c4ccc5ccccc5c4)ccc2n3-c2ccccc2)cc1. The third-order valence-electron chi connectivity index (χ3n) is 11.1. The molecule has 280 valence electrons. The predicted molar refractivity (Wildman–Crippen MR) is 251 cm³/mol. The molecule has 0 saturated heterocycles. The van der Waals surface area contributed by atoms with Gasteiger partial charge in [-0.1, -0.05) is 140 Å². The molecule has 2 N–H and O–H groups in total. The van der Waals surface area contributed by atoms with Gasteiger partial charge in [-0.15, -0.1) is 0 Å². The van der Waals surface area contributed by atoms with Gasteiger partial charge in [0.1, 0.15) is 0 Å². The van der Waals surface area contributed by atoms with Crippen molar-refractivity contribution >= 4 is 72.3 Å². The number of nitrogens with two attached hydrogens (primary N) is 1. The summed E-state index contributed by atoms with van der Waals surface area (Å²) in [4.78, 5) is 7.37. The van der Waals surface area contributed by atoms with Crippen LogP contribution in [0.25, 0.3) is 55.0 Å². The fourth-order valence-corrected chi connectivity index (χ4v) is 8.14. The number of hydrogen-bond donors (Lipinski definition) is 1. The molecule has 59 heavy (non-hydrogen) atoms. The lowest BCUT2D eigenvalue weighted by Crippen LogP contribution is -2.10. The van der Waals surface area contributed by atoms with Crippen molar-refractivity contribution in [2.24, 2.45) is 4.99 Å². The molecular formula is C55H40N4. The van der Waals surface area contributed by atoms with Gasteiger partial charge in [0.2, 0.25) is 0 Å². The normalized spacial score (nSPS) is 11.6. The van der Waals surface area contributed by atoms with Crippen LogP contribution in [0.15, 0.2) is 230 Å². The molecule has 0 bridgehead atoms. The first-order chi connectivity index (χ1) is 29.1. The fraction of sp³-hybridized carbons (Fsp3) is 0. The molecular weight excluding hydrogens is 717 g/mol. The van der Waals surface area contributed by atoms with Crippen LogP contribution in [0.2, 0.25) is 0 Å². The topological polar surface area (TPSA) is 46.5 Å². The van der Waals surface area contributed by atoms with Crippen molar-refractivity contribution in [3.05, 3.63) is 236 Å². The summed E-state index contributed by atoms with van der Waals surface area (Å²) in [6, 6.07) is 76.6. The van der Waals surface area contributed by atoms with Crippen LogP contribution in [0.4, 0.5) is 28.4 Å². The van der Waals surface area contributed by atoms with Crippen LogP contribution >= 0.6 is 0 Å². The molecule has 0 amide bonds. The standard InChI is InChI=1S/C55H40N4/c1-38(55(41-16-5-2-6-17-41)57-52-24-14-13-23-51(52)56)39-27-30-47(31-28-39)58(45-19-7-3-8-20-45)48-32-34-54-50(37-48)49-36-44(43-26-25-40-15-11-12-18-42(40)35-43)29-33-53(49)59(54)46-21-9-4-10-22-46/h2-37H,1,56H2. The molecule has 0 atom stereocenters. The van der Waals surface area contributed by atoms with E-state index in [2.05, 4.69) is 192 Å². The van der Waals surface area contributed by atoms with Gasteiger partial charge in [-0.25, -0.2) is 4.99 Å². The highest BCUT2D eigenvalue weighted by molar-refractivity contribution is 6.32. The van der Waals surface area contributed by atoms with Crippen LogP contribution in [0.3, 0.4) is 0 Å². The van der Waals surface area contributed by atoms with Gasteiger partial charge in [0.15, 0.2) is 0 Å². The van der Waals surface area contributed by atoms with E-state index in [0.717, 1.165) is 56.2 Å². The van der Waals surface area contributed by atoms with Crippen LogP contribution in [0.5, 0.6) is 0 Å². The first-order valence-electron chi connectivity index (χ1n) is 19.9. The van der Waals surface area contributed by atoms with E-state index in [4.69, 9.17) is 10.7 Å². The molecule has 0 aliphatic carbocycles. The summed E-state index contributed by atoms with van der Waals surface area (Å²) in [5.74, 6) is 0. The molecule has 1 heterocycles. The number of para-hydroxylation sites is 4. The molecule has 0 aliphatic heterocycles. The number of hydrogen-bond acceptors (Lipinski definition) is 3. The lowest BCUT2D eigenvalue weighted by atomic mass is 9.96. The molecule has 10 rings (SSSR count). The van der Waals surface area contributed by atoms with Crippen molar-refractivity contribution in [2.45, 2.75) is 0 Å². The maximum Gasteiger partial charge on any atom is 0.0866 e. The summed E-state index contributed by atoms with van der Waals surface area (Å²) >= 11 is 0. The van der Waals surface area contributed by atoms with Gasteiger partial charge >= 0.3 is 0 Å². The molecule has 10 aromatic rings. The molecule has 1 aromatic heterocycles. The largest absolute Gasteiger partial charge is 0.397 e. The van der Waals surface area contributed by atoms with Gasteiger partial charge in [0, 0.05) is 44.7 Å². The Balaban J connectivity index is 1.10. The highest BCUT2D eigenvalue weighted by Crippen LogP contribution is 2.41. The molecule has 0 saturated carbocycles. The number of nitrogen functional groups attached to an aromatic ring is 1. The number of aromatic nitrogens is 1. The Morgan fingerprint density at radius 2 is 1.02 bits per heavy atom. The number of aliphatic imine (C=N–C) groups is 1. The second kappa shape index (κ2) is 15.2. The second-order valence-corrected chi connectivity index (χ2v) is 14.7. The van der Waals surface area contributed by atoms with Crippen LogP contribution in [0, 0.1) is 0 Å². The fourth-order valence-electron chi connectivity index (χ4n) is 8.14.